The number of thiazole rings is 1. The molecule has 0 bridgehead atoms. The normalized spacial score (nSPS) is 17.6. The fourth-order valence-electron chi connectivity index (χ4n) is 6.03. The minimum Gasteiger partial charge on any atom is -0.493 e. The average Bonchev–Trinajstić information content (AvgIpc) is 3.65. The number of halogens is 2. The van der Waals surface area contributed by atoms with Gasteiger partial charge in [-0.05, 0) is 68.3 Å². The van der Waals surface area contributed by atoms with E-state index < -0.39 is 10.0 Å². The predicted octanol–water partition coefficient (Wildman–Crippen LogP) is 5.24. The molecule has 1 unspecified atom stereocenters. The van der Waals surface area contributed by atoms with Crippen molar-refractivity contribution in [3.8, 4) is 11.5 Å². The van der Waals surface area contributed by atoms with E-state index in [1.165, 1.54) is 15.6 Å². The number of hydrogen-bond donors (Lipinski definition) is 1. The van der Waals surface area contributed by atoms with Gasteiger partial charge in [-0.1, -0.05) is 17.7 Å². The summed E-state index contributed by atoms with van der Waals surface area (Å²) >= 11 is 7.60. The topological polar surface area (TPSA) is 108 Å². The van der Waals surface area contributed by atoms with Crippen molar-refractivity contribution in [3.05, 3.63) is 68.6 Å². The smallest absolute Gasteiger partial charge is 0.283 e. The number of ether oxygens (including phenoxy) is 2. The molecule has 1 saturated heterocycles. The molecule has 10 nitrogen and oxygen atoms in total. The second-order valence-electron chi connectivity index (χ2n) is 11.3. The van der Waals surface area contributed by atoms with Crippen molar-refractivity contribution in [2.24, 2.45) is 0 Å². The molecule has 0 saturated carbocycles. The summed E-state index contributed by atoms with van der Waals surface area (Å²) in [5.41, 5.74) is 2.78. The number of aromatic amines is 1. The van der Waals surface area contributed by atoms with Gasteiger partial charge < -0.3 is 24.3 Å². The van der Waals surface area contributed by atoms with Gasteiger partial charge >= 0.3 is 0 Å². The number of piperazine rings is 1. The number of carbonyl (C=O) groups excluding carboxylic acids is 1. The minimum atomic E-state index is -3.84. The van der Waals surface area contributed by atoms with E-state index in [4.69, 9.17) is 26.1 Å². The Morgan fingerprint density at radius 2 is 1.89 bits per heavy atom. The Hall–Kier alpha value is -2.87. The summed E-state index contributed by atoms with van der Waals surface area (Å²) < 4.78 is 40.0. The lowest BCUT2D eigenvalue weighted by Crippen LogP contribution is -2.56. The van der Waals surface area contributed by atoms with Crippen LogP contribution in [0.2, 0.25) is 5.02 Å². The molecule has 2 aromatic carbocycles. The molecule has 1 atom stereocenters. The molecule has 0 spiro atoms. The van der Waals surface area contributed by atoms with Gasteiger partial charge in [0.2, 0.25) is 0 Å². The highest BCUT2D eigenvalue weighted by Gasteiger charge is 2.38. The molecule has 2 aliphatic heterocycles. The lowest BCUT2D eigenvalue weighted by Gasteiger charge is -2.40. The molecule has 242 valence electrons. The molecule has 14 heteroatoms. The van der Waals surface area contributed by atoms with Crippen LogP contribution in [0.5, 0.6) is 11.5 Å². The number of H-pyrrole nitrogens is 1. The molecular weight excluding hydrogens is 657 g/mol. The van der Waals surface area contributed by atoms with Crippen molar-refractivity contribution in [1.29, 1.82) is 0 Å². The molecule has 6 rings (SSSR count). The van der Waals surface area contributed by atoms with Crippen molar-refractivity contribution in [1.82, 2.24) is 24.1 Å². The van der Waals surface area contributed by atoms with Crippen LogP contribution >= 0.6 is 35.3 Å². The van der Waals surface area contributed by atoms with Gasteiger partial charge in [0.1, 0.15) is 5.03 Å². The van der Waals surface area contributed by atoms with Crippen LogP contribution in [-0.2, 0) is 29.4 Å². The van der Waals surface area contributed by atoms with Gasteiger partial charge in [0, 0.05) is 66.0 Å². The molecular formula is C31H37Cl2N5O5S2. The molecule has 45 heavy (non-hydrogen) atoms. The highest BCUT2D eigenvalue weighted by molar-refractivity contribution is 7.89. The van der Waals surface area contributed by atoms with Crippen molar-refractivity contribution < 1.29 is 22.7 Å². The zero-order chi connectivity index (χ0) is 31.0. The van der Waals surface area contributed by atoms with Crippen molar-refractivity contribution in [2.45, 2.75) is 43.3 Å². The number of hydrogen-bond acceptors (Lipinski definition) is 8. The Bertz CT molecular complexity index is 1790. The van der Waals surface area contributed by atoms with E-state index in [2.05, 4.69) is 16.9 Å². The Morgan fingerprint density at radius 1 is 1.09 bits per heavy atom. The summed E-state index contributed by atoms with van der Waals surface area (Å²) in [6, 6.07) is 12.4. The molecule has 4 heterocycles. The number of carbonyl (C=O) groups is 1. The summed E-state index contributed by atoms with van der Waals surface area (Å²) in [5, 5.41) is 1.88. The summed E-state index contributed by atoms with van der Waals surface area (Å²) in [6.07, 6.45) is 2.95. The van der Waals surface area contributed by atoms with Gasteiger partial charge in [0.15, 0.2) is 16.5 Å². The number of fused-ring (bicyclic) bond motifs is 2. The summed E-state index contributed by atoms with van der Waals surface area (Å²) in [4.78, 5) is 26.9. The molecule has 0 aliphatic carbocycles. The SMILES string of the molecule is COc1ccc(CCCC2CN(S(=O)(=O)c3cc4cc(Cl)ccc4[nH]3)CCN2C(=O)c2nc3c(s2)CN(C)CC3)cc1OC.Cl. The van der Waals surface area contributed by atoms with E-state index in [1.807, 2.05) is 23.1 Å². The van der Waals surface area contributed by atoms with Crippen LogP contribution in [0.3, 0.4) is 0 Å². The maximum absolute atomic E-state index is 13.9. The number of nitrogens with zero attached hydrogens (tertiary/aromatic N) is 4. The first-order chi connectivity index (χ1) is 21.2. The molecule has 1 fully saturated rings. The van der Waals surface area contributed by atoms with Crippen LogP contribution in [-0.4, -0.2) is 91.9 Å². The Kier molecular flexibility index (Phi) is 10.3. The second kappa shape index (κ2) is 13.9. The van der Waals surface area contributed by atoms with Crippen LogP contribution in [0.1, 0.15) is 38.8 Å². The number of benzene rings is 2. The van der Waals surface area contributed by atoms with Gasteiger partial charge in [0.25, 0.3) is 15.9 Å². The van der Waals surface area contributed by atoms with Crippen molar-refractivity contribution in [2.75, 3.05) is 47.4 Å². The Labute approximate surface area is 278 Å². The third-order valence-corrected chi connectivity index (χ3v) is 11.5. The quantitative estimate of drug-likeness (QED) is 0.255. The first-order valence-electron chi connectivity index (χ1n) is 14.6. The summed E-state index contributed by atoms with van der Waals surface area (Å²) in [6.45, 7) is 2.39. The maximum atomic E-state index is 13.9. The monoisotopic (exact) mass is 693 g/mol. The lowest BCUT2D eigenvalue weighted by atomic mass is 10.0. The van der Waals surface area contributed by atoms with E-state index in [9.17, 15) is 13.2 Å². The van der Waals surface area contributed by atoms with Crippen LogP contribution in [0.15, 0.2) is 47.5 Å². The summed E-state index contributed by atoms with van der Waals surface area (Å²) in [7, 11) is 1.45. The molecule has 0 radical (unpaired) electrons. The number of methoxy groups -OCH3 is 2. The average molecular weight is 695 g/mol. The highest BCUT2D eigenvalue weighted by Crippen LogP contribution is 2.31. The third kappa shape index (κ3) is 6.96. The van der Waals surface area contributed by atoms with Crippen LogP contribution in [0, 0.1) is 0 Å². The van der Waals surface area contributed by atoms with E-state index in [-0.39, 0.29) is 49.0 Å². The lowest BCUT2D eigenvalue weighted by molar-refractivity contribution is 0.0547. The van der Waals surface area contributed by atoms with Crippen LogP contribution in [0.25, 0.3) is 10.9 Å². The largest absolute Gasteiger partial charge is 0.493 e. The first-order valence-corrected chi connectivity index (χ1v) is 17.3. The second-order valence-corrected chi connectivity index (χ2v) is 14.8. The van der Waals surface area contributed by atoms with E-state index in [1.54, 1.807) is 38.5 Å². The first kappa shape index (κ1) is 33.5. The van der Waals surface area contributed by atoms with Gasteiger partial charge in [-0.25, -0.2) is 13.4 Å². The van der Waals surface area contributed by atoms with Crippen LogP contribution < -0.4 is 9.47 Å². The van der Waals surface area contributed by atoms with Gasteiger partial charge in [-0.3, -0.25) is 4.79 Å². The standard InChI is InChI=1S/C31H36ClN5O5S2.ClH/c1-35-12-11-25-28(19-35)43-30(34-25)31(38)37-14-13-36(44(39,40)29-17-21-16-22(32)8-9-24(21)33-29)18-23(37)6-4-5-20-7-10-26(41-2)27(15-20)42-3;/h7-10,15-17,23,33H,4-6,11-14,18-19H2,1-3H3;1H. The Morgan fingerprint density at radius 3 is 2.67 bits per heavy atom. The minimum absolute atomic E-state index is 0. The number of rotatable bonds is 9. The predicted molar refractivity (Wildman–Crippen MR) is 179 cm³/mol. The number of likely N-dealkylation sites (N-methyl/N-ethyl adjacent to an activating group) is 1. The van der Waals surface area contributed by atoms with E-state index in [0.717, 1.165) is 53.9 Å². The molecule has 4 aromatic rings. The third-order valence-electron chi connectivity index (χ3n) is 8.44. The Balaban J connectivity index is 0.00000400. The molecule has 1 N–H and O–H groups in total. The number of aromatic nitrogens is 2. The van der Waals surface area contributed by atoms with Gasteiger partial charge in [-0.15, -0.1) is 23.7 Å². The number of amides is 1. The molecule has 2 aromatic heterocycles. The van der Waals surface area contributed by atoms with Crippen LogP contribution in [0.4, 0.5) is 0 Å². The fraction of sp³-hybridized carbons (Fsp3) is 0.419. The van der Waals surface area contributed by atoms with E-state index in [0.29, 0.717) is 33.5 Å². The maximum Gasteiger partial charge on any atom is 0.283 e. The highest BCUT2D eigenvalue weighted by atomic mass is 35.5. The number of sulfonamides is 1. The molecule has 2 aliphatic rings. The number of aryl methyl sites for hydroxylation is 1. The van der Waals surface area contributed by atoms with Gasteiger partial charge in [0.05, 0.1) is 19.9 Å². The summed E-state index contributed by atoms with van der Waals surface area (Å²) in [5.74, 6) is 1.20. The zero-order valence-electron chi connectivity index (χ0n) is 25.4. The zero-order valence-corrected chi connectivity index (χ0v) is 28.6. The number of nitrogens with one attached hydrogen (secondary N) is 1. The van der Waals surface area contributed by atoms with E-state index >= 15 is 0 Å². The van der Waals surface area contributed by atoms with Crippen molar-refractivity contribution >= 4 is 62.2 Å². The molecule has 1 amide bonds. The van der Waals surface area contributed by atoms with Crippen molar-refractivity contribution in [3.63, 3.8) is 0 Å². The fourth-order valence-corrected chi connectivity index (χ4v) is 8.84. The van der Waals surface area contributed by atoms with Gasteiger partial charge in [-0.2, -0.15) is 4.31 Å².